The molecule has 2 bridgehead atoms. The van der Waals surface area contributed by atoms with Crippen molar-refractivity contribution in [2.45, 2.75) is 59.2 Å². The van der Waals surface area contributed by atoms with Crippen LogP contribution >= 0.6 is 0 Å². The predicted octanol–water partition coefficient (Wildman–Crippen LogP) is 5.12. The summed E-state index contributed by atoms with van der Waals surface area (Å²) >= 11 is 0. The molecule has 3 unspecified atom stereocenters. The molecule has 129 valence electrons. The Morgan fingerprint density at radius 1 is 1.21 bits per heavy atom. The van der Waals surface area contributed by atoms with E-state index in [9.17, 15) is 4.79 Å². The number of allylic oxidation sites excluding steroid dienone is 1. The topological polar surface area (TPSA) is 26.3 Å². The molecule has 1 radical (unpaired) electrons. The molecule has 0 aromatic heterocycles. The van der Waals surface area contributed by atoms with Crippen LogP contribution in [0.1, 0.15) is 46.1 Å². The zero-order valence-electron chi connectivity index (χ0n) is 15.8. The largest absolute Gasteiger partial charge is 0.407 e. The molecule has 2 nitrogen and oxygen atoms in total. The maximum atomic E-state index is 12.1. The third-order valence-corrected chi connectivity index (χ3v) is 6.60. The molecule has 0 amide bonds. The van der Waals surface area contributed by atoms with Gasteiger partial charge in [-0.25, -0.2) is 0 Å². The van der Waals surface area contributed by atoms with Crippen LogP contribution in [0.25, 0.3) is 5.57 Å². The summed E-state index contributed by atoms with van der Waals surface area (Å²) in [5.74, 6) is 0.425. The second-order valence-corrected chi connectivity index (χ2v) is 11.1. The summed E-state index contributed by atoms with van der Waals surface area (Å²) in [6.45, 7) is 13.6. The summed E-state index contributed by atoms with van der Waals surface area (Å²) < 4.78 is 6.78. The summed E-state index contributed by atoms with van der Waals surface area (Å²) in [5.41, 5.74) is 3.05. The van der Waals surface area contributed by atoms with E-state index in [2.05, 4.69) is 65.1 Å². The van der Waals surface area contributed by atoms with Crippen molar-refractivity contribution < 1.29 is 9.22 Å². The molecule has 2 aliphatic rings. The van der Waals surface area contributed by atoms with Crippen LogP contribution in [0.15, 0.2) is 35.9 Å². The van der Waals surface area contributed by atoms with Crippen molar-refractivity contribution in [1.29, 1.82) is 0 Å². The number of rotatable bonds is 4. The van der Waals surface area contributed by atoms with Crippen molar-refractivity contribution >= 4 is 20.9 Å². The average Bonchev–Trinajstić information content (AvgIpc) is 2.91. The third kappa shape index (κ3) is 2.53. The first-order chi connectivity index (χ1) is 11.1. The lowest BCUT2D eigenvalue weighted by molar-refractivity contribution is -0.105. The summed E-state index contributed by atoms with van der Waals surface area (Å²) in [7, 11) is -0.900. The van der Waals surface area contributed by atoms with E-state index in [0.29, 0.717) is 5.92 Å². The molecular weight excluding hydrogens is 312 g/mol. The lowest BCUT2D eigenvalue weighted by Gasteiger charge is -2.46. The van der Waals surface area contributed by atoms with E-state index < -0.39 is 9.04 Å². The SMILES string of the molecule is C[Si](C)OC12CC(C)(CC1C(C)(C)C)C(C=O)=C2c1ccccc1. The Bertz CT molecular complexity index is 671. The van der Waals surface area contributed by atoms with Crippen molar-refractivity contribution in [2.75, 3.05) is 0 Å². The van der Waals surface area contributed by atoms with E-state index in [4.69, 9.17) is 4.43 Å². The summed E-state index contributed by atoms with van der Waals surface area (Å²) in [6.07, 6.45) is 3.08. The van der Waals surface area contributed by atoms with Gasteiger partial charge in [-0.3, -0.25) is 4.79 Å². The van der Waals surface area contributed by atoms with Gasteiger partial charge in [0.25, 0.3) is 0 Å². The molecule has 1 fully saturated rings. The molecular formula is C21H29O2Si. The fourth-order valence-corrected chi connectivity index (χ4v) is 6.17. The van der Waals surface area contributed by atoms with Gasteiger partial charge in [-0.05, 0) is 53.8 Å². The molecule has 3 heteroatoms. The lowest BCUT2D eigenvalue weighted by Crippen LogP contribution is -2.46. The number of hydrogen-bond donors (Lipinski definition) is 0. The highest BCUT2D eigenvalue weighted by Gasteiger charge is 2.65. The smallest absolute Gasteiger partial charge is 0.206 e. The van der Waals surface area contributed by atoms with Crippen LogP contribution in [0.4, 0.5) is 0 Å². The van der Waals surface area contributed by atoms with E-state index in [1.54, 1.807) is 0 Å². The Balaban J connectivity index is 2.27. The fraction of sp³-hybridized carbons (Fsp3) is 0.571. The lowest BCUT2D eigenvalue weighted by atomic mass is 9.65. The molecule has 0 aliphatic heterocycles. The Morgan fingerprint density at radius 3 is 2.33 bits per heavy atom. The minimum absolute atomic E-state index is 0.0673. The quantitative estimate of drug-likeness (QED) is 0.561. The van der Waals surface area contributed by atoms with Gasteiger partial charge >= 0.3 is 0 Å². The maximum absolute atomic E-state index is 12.1. The first-order valence-electron chi connectivity index (χ1n) is 8.89. The molecule has 0 spiro atoms. The molecule has 1 aromatic carbocycles. The van der Waals surface area contributed by atoms with E-state index in [-0.39, 0.29) is 16.4 Å². The number of aldehydes is 1. The van der Waals surface area contributed by atoms with E-state index in [1.807, 2.05) is 6.07 Å². The first kappa shape index (κ1) is 17.6. The molecule has 24 heavy (non-hydrogen) atoms. The summed E-state index contributed by atoms with van der Waals surface area (Å²) in [6, 6.07) is 10.4. The Hall–Kier alpha value is -1.19. The van der Waals surface area contributed by atoms with Crippen molar-refractivity contribution in [1.82, 2.24) is 0 Å². The fourth-order valence-electron chi connectivity index (χ4n) is 5.12. The van der Waals surface area contributed by atoms with Crippen LogP contribution in [0.3, 0.4) is 0 Å². The zero-order chi connectivity index (χ0) is 17.8. The highest BCUT2D eigenvalue weighted by molar-refractivity contribution is 6.48. The highest BCUT2D eigenvalue weighted by Crippen LogP contribution is 2.68. The Labute approximate surface area is 148 Å². The van der Waals surface area contributed by atoms with Crippen LogP contribution in [0, 0.1) is 16.7 Å². The summed E-state index contributed by atoms with van der Waals surface area (Å²) in [4.78, 5) is 12.1. The highest BCUT2D eigenvalue weighted by atomic mass is 28.3. The zero-order valence-corrected chi connectivity index (χ0v) is 16.8. The number of benzene rings is 1. The van der Waals surface area contributed by atoms with Gasteiger partial charge in [-0.2, -0.15) is 0 Å². The van der Waals surface area contributed by atoms with Gasteiger partial charge in [0, 0.05) is 5.57 Å². The van der Waals surface area contributed by atoms with Crippen molar-refractivity contribution in [3.05, 3.63) is 41.5 Å². The minimum atomic E-state index is -0.900. The number of fused-ring (bicyclic) bond motifs is 2. The summed E-state index contributed by atoms with van der Waals surface area (Å²) in [5, 5.41) is 0. The van der Waals surface area contributed by atoms with Crippen LogP contribution < -0.4 is 0 Å². The minimum Gasteiger partial charge on any atom is -0.407 e. The molecule has 0 N–H and O–H groups in total. The van der Waals surface area contributed by atoms with E-state index in [1.165, 1.54) is 0 Å². The van der Waals surface area contributed by atoms with Gasteiger partial charge in [-0.1, -0.05) is 58.0 Å². The monoisotopic (exact) mass is 341 g/mol. The second kappa shape index (κ2) is 5.67. The van der Waals surface area contributed by atoms with Gasteiger partial charge in [0.15, 0.2) is 0 Å². The van der Waals surface area contributed by atoms with Crippen molar-refractivity contribution in [3.63, 3.8) is 0 Å². The van der Waals surface area contributed by atoms with Gasteiger partial charge in [-0.15, -0.1) is 0 Å². The molecule has 3 rings (SSSR count). The van der Waals surface area contributed by atoms with E-state index in [0.717, 1.165) is 35.8 Å². The Morgan fingerprint density at radius 2 is 1.83 bits per heavy atom. The normalized spacial score (nSPS) is 32.7. The Kier molecular flexibility index (Phi) is 4.16. The predicted molar refractivity (Wildman–Crippen MR) is 101 cm³/mol. The van der Waals surface area contributed by atoms with Crippen LogP contribution in [-0.2, 0) is 9.22 Å². The van der Waals surface area contributed by atoms with Crippen LogP contribution in [0.2, 0.25) is 13.1 Å². The molecule has 1 saturated carbocycles. The molecule has 3 atom stereocenters. The number of carbonyl (C=O) groups excluding carboxylic acids is 1. The number of hydrogen-bond acceptors (Lipinski definition) is 2. The second-order valence-electron chi connectivity index (χ2n) is 9.03. The molecule has 1 aromatic rings. The van der Waals surface area contributed by atoms with Gasteiger partial charge in [0.1, 0.15) is 6.29 Å². The van der Waals surface area contributed by atoms with E-state index >= 15 is 0 Å². The van der Waals surface area contributed by atoms with Gasteiger partial charge < -0.3 is 4.43 Å². The molecule has 0 saturated heterocycles. The molecule has 2 aliphatic carbocycles. The first-order valence-corrected chi connectivity index (χ1v) is 11.3. The standard InChI is InChI=1S/C21H29O2Si/c1-19(2,3)17-12-20(4)14-21(17,23-24(5)6)18(16(20)13-22)15-10-8-7-9-11-15/h7-11,13,17H,12,14H2,1-6H3. The van der Waals surface area contributed by atoms with Crippen molar-refractivity contribution in [3.8, 4) is 0 Å². The van der Waals surface area contributed by atoms with Crippen LogP contribution in [-0.4, -0.2) is 20.9 Å². The average molecular weight is 342 g/mol. The van der Waals surface area contributed by atoms with Crippen LogP contribution in [0.5, 0.6) is 0 Å². The van der Waals surface area contributed by atoms with Gasteiger partial charge in [0.2, 0.25) is 9.04 Å². The van der Waals surface area contributed by atoms with Crippen molar-refractivity contribution in [2.24, 2.45) is 16.7 Å². The maximum Gasteiger partial charge on any atom is 0.206 e. The van der Waals surface area contributed by atoms with Gasteiger partial charge in [0.05, 0.1) is 5.60 Å². The molecule has 0 heterocycles. The third-order valence-electron chi connectivity index (χ3n) is 5.83. The number of carbonyl (C=O) groups is 1.